The van der Waals surface area contributed by atoms with Crippen molar-refractivity contribution in [2.75, 3.05) is 19.7 Å². The minimum atomic E-state index is -0.412. The zero-order valence-corrected chi connectivity index (χ0v) is 20.5. The van der Waals surface area contributed by atoms with Crippen LogP contribution in [-0.4, -0.2) is 50.9 Å². The standard InChI is InChI=1S/C28H33N5O3/c34-27(36-28(14-4-15-28)23-5-2-1-3-6-23)32-16-11-21(12-17-32)26-19-22(26)13-18-35-25-9-7-24(8-10-25)33-20-29-30-31-33/h1-3,5-10,20-22,26H,4,11-19H2/t22-,26-/m1/s1. The summed E-state index contributed by atoms with van der Waals surface area (Å²) in [6, 6.07) is 18.1. The number of carbonyl (C=O) groups excluding carboxylic acids is 1. The Hall–Kier alpha value is -3.42. The molecule has 1 aliphatic heterocycles. The number of aromatic nitrogens is 4. The van der Waals surface area contributed by atoms with Crippen LogP contribution >= 0.6 is 0 Å². The summed E-state index contributed by atoms with van der Waals surface area (Å²) >= 11 is 0. The Morgan fingerprint density at radius 2 is 1.81 bits per heavy atom. The highest BCUT2D eigenvalue weighted by molar-refractivity contribution is 5.68. The van der Waals surface area contributed by atoms with Gasteiger partial charge in [-0.3, -0.25) is 0 Å². The number of hydrogen-bond acceptors (Lipinski definition) is 6. The highest BCUT2D eigenvalue weighted by Gasteiger charge is 2.46. The highest BCUT2D eigenvalue weighted by Crippen LogP contribution is 2.50. The summed E-state index contributed by atoms with van der Waals surface area (Å²) < 4.78 is 13.7. The molecule has 2 saturated carbocycles. The van der Waals surface area contributed by atoms with Crippen LogP contribution in [0.25, 0.3) is 5.69 Å². The number of likely N-dealkylation sites (tertiary alicyclic amines) is 1. The number of piperidine rings is 1. The molecule has 1 saturated heterocycles. The normalized spacial score (nSPS) is 23.1. The monoisotopic (exact) mass is 487 g/mol. The van der Waals surface area contributed by atoms with Crippen molar-refractivity contribution in [2.45, 2.75) is 50.5 Å². The Kier molecular flexibility index (Phi) is 6.34. The molecule has 0 radical (unpaired) electrons. The molecule has 188 valence electrons. The van der Waals surface area contributed by atoms with Gasteiger partial charge >= 0.3 is 6.09 Å². The minimum absolute atomic E-state index is 0.135. The molecule has 3 aliphatic rings. The van der Waals surface area contributed by atoms with Crippen molar-refractivity contribution in [2.24, 2.45) is 17.8 Å². The maximum Gasteiger partial charge on any atom is 0.410 e. The van der Waals surface area contributed by atoms with Crippen LogP contribution in [0.5, 0.6) is 5.75 Å². The van der Waals surface area contributed by atoms with Crippen molar-refractivity contribution in [3.05, 3.63) is 66.5 Å². The van der Waals surface area contributed by atoms with E-state index in [0.29, 0.717) is 5.92 Å². The third-order valence-electron chi connectivity index (χ3n) is 8.33. The zero-order valence-electron chi connectivity index (χ0n) is 20.5. The first-order valence-corrected chi connectivity index (χ1v) is 13.2. The predicted octanol–water partition coefficient (Wildman–Crippen LogP) is 5.00. The van der Waals surface area contributed by atoms with Crippen molar-refractivity contribution in [3.63, 3.8) is 0 Å². The molecular weight excluding hydrogens is 454 g/mol. The molecule has 0 unspecified atom stereocenters. The molecule has 8 heteroatoms. The summed E-state index contributed by atoms with van der Waals surface area (Å²) in [5, 5.41) is 11.2. The summed E-state index contributed by atoms with van der Waals surface area (Å²) in [6.07, 6.45) is 8.93. The number of carbonyl (C=O) groups is 1. The molecule has 2 aliphatic carbocycles. The molecular formula is C28H33N5O3. The van der Waals surface area contributed by atoms with Gasteiger partial charge in [-0.2, -0.15) is 0 Å². The van der Waals surface area contributed by atoms with Crippen LogP contribution in [0.1, 0.15) is 50.5 Å². The summed E-state index contributed by atoms with van der Waals surface area (Å²) in [6.45, 7) is 2.35. The number of nitrogens with zero attached hydrogens (tertiary/aromatic N) is 5. The maximum absolute atomic E-state index is 13.0. The van der Waals surface area contributed by atoms with Gasteiger partial charge in [0, 0.05) is 13.1 Å². The van der Waals surface area contributed by atoms with Crippen molar-refractivity contribution in [3.8, 4) is 11.4 Å². The van der Waals surface area contributed by atoms with Gasteiger partial charge in [0.25, 0.3) is 0 Å². The molecule has 6 rings (SSSR count). The van der Waals surface area contributed by atoms with Gasteiger partial charge in [-0.25, -0.2) is 9.48 Å². The number of benzene rings is 2. The average Bonchev–Trinajstić information content (AvgIpc) is 3.46. The van der Waals surface area contributed by atoms with E-state index >= 15 is 0 Å². The van der Waals surface area contributed by atoms with E-state index in [1.807, 2.05) is 47.4 Å². The third-order valence-corrected chi connectivity index (χ3v) is 8.33. The lowest BCUT2D eigenvalue weighted by Gasteiger charge is -2.43. The van der Waals surface area contributed by atoms with Crippen molar-refractivity contribution in [1.82, 2.24) is 25.1 Å². The first kappa shape index (κ1) is 23.0. The topological polar surface area (TPSA) is 82.4 Å². The van der Waals surface area contributed by atoms with Crippen LogP contribution in [0, 0.1) is 17.8 Å². The summed E-state index contributed by atoms with van der Waals surface area (Å²) in [4.78, 5) is 14.9. The Labute approximate surface area is 211 Å². The van der Waals surface area contributed by atoms with E-state index in [4.69, 9.17) is 9.47 Å². The lowest BCUT2D eigenvalue weighted by Crippen LogP contribution is -2.46. The lowest BCUT2D eigenvalue weighted by atomic mass is 9.75. The smallest absolute Gasteiger partial charge is 0.410 e. The number of amides is 1. The summed E-state index contributed by atoms with van der Waals surface area (Å²) in [5.74, 6) is 3.10. The number of ether oxygens (including phenoxy) is 2. The summed E-state index contributed by atoms with van der Waals surface area (Å²) in [7, 11) is 0. The Bertz CT molecular complexity index is 1140. The SMILES string of the molecule is O=C(OC1(c2ccccc2)CCC1)N1CCC([C@H]2C[C@H]2CCOc2ccc(-n3cnnn3)cc2)CC1. The Balaban J connectivity index is 0.920. The second-order valence-electron chi connectivity index (χ2n) is 10.5. The van der Waals surface area contributed by atoms with Crippen LogP contribution in [0.3, 0.4) is 0 Å². The van der Waals surface area contributed by atoms with Gasteiger partial charge in [0.2, 0.25) is 0 Å². The van der Waals surface area contributed by atoms with Crippen LogP contribution in [0.2, 0.25) is 0 Å². The predicted molar refractivity (Wildman–Crippen MR) is 134 cm³/mol. The van der Waals surface area contributed by atoms with E-state index < -0.39 is 5.60 Å². The van der Waals surface area contributed by atoms with E-state index in [2.05, 4.69) is 27.7 Å². The molecule has 1 aromatic heterocycles. The van der Waals surface area contributed by atoms with Crippen LogP contribution in [-0.2, 0) is 10.3 Å². The number of tetrazole rings is 1. The van der Waals surface area contributed by atoms with Gasteiger partial charge < -0.3 is 14.4 Å². The van der Waals surface area contributed by atoms with Gasteiger partial charge in [-0.1, -0.05) is 30.3 Å². The molecule has 3 aromatic rings. The molecule has 2 aromatic carbocycles. The fourth-order valence-electron chi connectivity index (χ4n) is 5.91. The second kappa shape index (κ2) is 9.91. The minimum Gasteiger partial charge on any atom is -0.494 e. The van der Waals surface area contributed by atoms with Crippen molar-refractivity contribution < 1.29 is 14.3 Å². The molecule has 0 bridgehead atoms. The summed E-state index contributed by atoms with van der Waals surface area (Å²) in [5.41, 5.74) is 1.63. The van der Waals surface area contributed by atoms with Crippen molar-refractivity contribution in [1.29, 1.82) is 0 Å². The quantitative estimate of drug-likeness (QED) is 0.445. The second-order valence-corrected chi connectivity index (χ2v) is 10.5. The Morgan fingerprint density at radius 1 is 1.03 bits per heavy atom. The van der Waals surface area contributed by atoms with Crippen LogP contribution in [0.4, 0.5) is 4.79 Å². The molecule has 1 amide bonds. The zero-order chi connectivity index (χ0) is 24.4. The fraction of sp³-hybridized carbons (Fsp3) is 0.500. The molecule has 8 nitrogen and oxygen atoms in total. The van der Waals surface area contributed by atoms with E-state index in [0.717, 1.165) is 87.1 Å². The van der Waals surface area contributed by atoms with Gasteiger partial charge in [0.1, 0.15) is 17.7 Å². The van der Waals surface area contributed by atoms with Gasteiger partial charge in [-0.15, -0.1) is 5.10 Å². The molecule has 3 fully saturated rings. The molecule has 36 heavy (non-hydrogen) atoms. The van der Waals surface area contributed by atoms with E-state index in [9.17, 15) is 4.79 Å². The molecule has 0 spiro atoms. The Morgan fingerprint density at radius 3 is 2.47 bits per heavy atom. The van der Waals surface area contributed by atoms with E-state index in [-0.39, 0.29) is 6.09 Å². The van der Waals surface area contributed by atoms with Gasteiger partial charge in [0.15, 0.2) is 0 Å². The van der Waals surface area contributed by atoms with Gasteiger partial charge in [0.05, 0.1) is 12.3 Å². The molecule has 2 atom stereocenters. The number of hydrogen-bond donors (Lipinski definition) is 0. The van der Waals surface area contributed by atoms with E-state index in [1.165, 1.54) is 6.42 Å². The van der Waals surface area contributed by atoms with E-state index in [1.54, 1.807) is 11.0 Å². The molecule has 0 N–H and O–H groups in total. The van der Waals surface area contributed by atoms with Crippen molar-refractivity contribution >= 4 is 6.09 Å². The average molecular weight is 488 g/mol. The van der Waals surface area contributed by atoms with Crippen LogP contribution in [0.15, 0.2) is 60.9 Å². The molecule has 2 heterocycles. The largest absolute Gasteiger partial charge is 0.494 e. The first-order valence-electron chi connectivity index (χ1n) is 13.2. The number of rotatable bonds is 8. The highest BCUT2D eigenvalue weighted by atomic mass is 16.6. The van der Waals surface area contributed by atoms with Gasteiger partial charge in [-0.05, 0) is 103 Å². The third kappa shape index (κ3) is 4.81. The maximum atomic E-state index is 13.0. The fourth-order valence-corrected chi connectivity index (χ4v) is 5.91. The lowest BCUT2D eigenvalue weighted by molar-refractivity contribution is -0.0695. The first-order chi connectivity index (χ1) is 17.7. The van der Waals surface area contributed by atoms with Crippen LogP contribution < -0.4 is 4.74 Å².